The average Bonchev–Trinajstić information content (AvgIpc) is 2.74. The summed E-state index contributed by atoms with van der Waals surface area (Å²) in [6, 6.07) is 6.10. The molecule has 0 radical (unpaired) electrons. The molecule has 4 heterocycles. The van der Waals surface area contributed by atoms with Crippen LogP contribution < -0.4 is 15.8 Å². The Morgan fingerprint density at radius 1 is 1.26 bits per heavy atom. The highest BCUT2D eigenvalue weighted by Gasteiger charge is 2.31. The minimum absolute atomic E-state index is 0.0361. The monoisotopic (exact) mass is 420 g/mol. The van der Waals surface area contributed by atoms with Gasteiger partial charge in [0.05, 0.1) is 29.0 Å². The molecule has 4 rings (SSSR count). The fraction of sp³-hybridized carbons (Fsp3) is 0.391. The molecule has 1 aliphatic heterocycles. The maximum atomic E-state index is 12.1. The molecule has 0 spiro atoms. The SMILES string of the molecule is CCc1cc2ncc(CN3CC(N(C)c4cnc(C(=O)NC)cc4C)C3)cc2[nH]c1=O. The number of hydrogen-bond acceptors (Lipinski definition) is 6. The molecule has 0 saturated carbocycles. The number of carbonyl (C=O) groups is 1. The van der Waals surface area contributed by atoms with Crippen LogP contribution >= 0.6 is 0 Å². The summed E-state index contributed by atoms with van der Waals surface area (Å²) in [4.78, 5) is 40.2. The molecule has 0 bridgehead atoms. The molecule has 31 heavy (non-hydrogen) atoms. The summed E-state index contributed by atoms with van der Waals surface area (Å²) in [5.74, 6) is -0.177. The van der Waals surface area contributed by atoms with E-state index in [4.69, 9.17) is 0 Å². The molecular weight excluding hydrogens is 392 g/mol. The van der Waals surface area contributed by atoms with Crippen molar-refractivity contribution in [1.29, 1.82) is 0 Å². The maximum absolute atomic E-state index is 12.1. The molecule has 1 aliphatic rings. The van der Waals surface area contributed by atoms with E-state index in [1.165, 1.54) is 0 Å². The van der Waals surface area contributed by atoms with E-state index >= 15 is 0 Å². The van der Waals surface area contributed by atoms with E-state index in [-0.39, 0.29) is 11.5 Å². The van der Waals surface area contributed by atoms with Crippen LogP contribution in [0.3, 0.4) is 0 Å². The molecule has 0 aromatic carbocycles. The zero-order valence-electron chi connectivity index (χ0n) is 18.4. The third-order valence-electron chi connectivity index (χ3n) is 6.02. The zero-order chi connectivity index (χ0) is 22.1. The van der Waals surface area contributed by atoms with Crippen LogP contribution in [-0.4, -0.2) is 59.0 Å². The van der Waals surface area contributed by atoms with Crippen LogP contribution in [0, 0.1) is 6.92 Å². The van der Waals surface area contributed by atoms with Crippen LogP contribution in [0.15, 0.2) is 35.4 Å². The Bertz CT molecular complexity index is 1180. The number of aromatic amines is 1. The summed E-state index contributed by atoms with van der Waals surface area (Å²) in [7, 11) is 3.67. The molecule has 3 aromatic heterocycles. The van der Waals surface area contributed by atoms with E-state index in [0.29, 0.717) is 18.2 Å². The second-order valence-electron chi connectivity index (χ2n) is 8.15. The number of nitrogens with one attached hydrogen (secondary N) is 2. The van der Waals surface area contributed by atoms with Gasteiger partial charge >= 0.3 is 0 Å². The highest BCUT2D eigenvalue weighted by atomic mass is 16.1. The molecular formula is C23H28N6O2. The normalized spacial score (nSPS) is 14.5. The maximum Gasteiger partial charge on any atom is 0.269 e. The lowest BCUT2D eigenvalue weighted by atomic mass is 10.0. The zero-order valence-corrected chi connectivity index (χ0v) is 18.4. The number of anilines is 1. The smallest absolute Gasteiger partial charge is 0.269 e. The summed E-state index contributed by atoms with van der Waals surface area (Å²) < 4.78 is 0. The van der Waals surface area contributed by atoms with Gasteiger partial charge in [0.2, 0.25) is 0 Å². The number of H-pyrrole nitrogens is 1. The first-order valence-corrected chi connectivity index (χ1v) is 10.5. The molecule has 8 heteroatoms. The summed E-state index contributed by atoms with van der Waals surface area (Å²) in [6.45, 7) is 6.61. The third kappa shape index (κ3) is 4.16. The molecule has 2 N–H and O–H groups in total. The van der Waals surface area contributed by atoms with Crippen molar-refractivity contribution in [2.75, 3.05) is 32.1 Å². The minimum atomic E-state index is -0.177. The predicted octanol–water partition coefficient (Wildman–Crippen LogP) is 1.87. The van der Waals surface area contributed by atoms with E-state index in [1.54, 1.807) is 13.2 Å². The Hall–Kier alpha value is -3.26. The highest BCUT2D eigenvalue weighted by Crippen LogP contribution is 2.25. The van der Waals surface area contributed by atoms with E-state index < -0.39 is 0 Å². The van der Waals surface area contributed by atoms with Gasteiger partial charge in [-0.15, -0.1) is 0 Å². The van der Waals surface area contributed by atoms with E-state index in [0.717, 1.165) is 53.0 Å². The molecule has 162 valence electrons. The van der Waals surface area contributed by atoms with Crippen molar-refractivity contribution < 1.29 is 4.79 Å². The van der Waals surface area contributed by atoms with Gasteiger partial charge in [-0.05, 0) is 42.7 Å². The van der Waals surface area contributed by atoms with E-state index in [2.05, 4.69) is 37.1 Å². The van der Waals surface area contributed by atoms with E-state index in [9.17, 15) is 9.59 Å². The number of rotatable bonds is 6. The predicted molar refractivity (Wildman–Crippen MR) is 122 cm³/mol. The first-order valence-electron chi connectivity index (χ1n) is 10.5. The van der Waals surface area contributed by atoms with Gasteiger partial charge in [0.25, 0.3) is 11.5 Å². The van der Waals surface area contributed by atoms with Gasteiger partial charge in [0, 0.05) is 45.5 Å². The van der Waals surface area contributed by atoms with Crippen LogP contribution in [0.1, 0.15) is 34.1 Å². The van der Waals surface area contributed by atoms with Gasteiger partial charge in [-0.3, -0.25) is 19.5 Å². The number of likely N-dealkylation sites (tertiary alicyclic amines) is 1. The molecule has 8 nitrogen and oxygen atoms in total. The number of aromatic nitrogens is 3. The van der Waals surface area contributed by atoms with E-state index in [1.807, 2.05) is 38.2 Å². The van der Waals surface area contributed by atoms with Crippen molar-refractivity contribution in [2.45, 2.75) is 32.9 Å². The van der Waals surface area contributed by atoms with Crippen LogP contribution in [0.4, 0.5) is 5.69 Å². The summed E-state index contributed by atoms with van der Waals surface area (Å²) in [5.41, 5.74) is 5.91. The van der Waals surface area contributed by atoms with Crippen molar-refractivity contribution in [3.63, 3.8) is 0 Å². The summed E-state index contributed by atoms with van der Waals surface area (Å²) in [6.07, 6.45) is 4.36. The molecule has 0 aliphatic carbocycles. The van der Waals surface area contributed by atoms with Crippen molar-refractivity contribution in [3.05, 3.63) is 63.3 Å². The number of aryl methyl sites for hydroxylation is 2. The highest BCUT2D eigenvalue weighted by molar-refractivity contribution is 5.92. The molecule has 1 saturated heterocycles. The van der Waals surface area contributed by atoms with Gasteiger partial charge in [-0.2, -0.15) is 0 Å². The van der Waals surface area contributed by atoms with Gasteiger partial charge in [-0.25, -0.2) is 4.98 Å². The van der Waals surface area contributed by atoms with Gasteiger partial charge in [0.15, 0.2) is 0 Å². The third-order valence-corrected chi connectivity index (χ3v) is 6.02. The number of nitrogens with zero attached hydrogens (tertiary/aromatic N) is 4. The van der Waals surface area contributed by atoms with Crippen LogP contribution in [0.2, 0.25) is 0 Å². The topological polar surface area (TPSA) is 94.2 Å². The number of hydrogen-bond donors (Lipinski definition) is 2. The fourth-order valence-corrected chi connectivity index (χ4v) is 4.06. The van der Waals surface area contributed by atoms with Crippen LogP contribution in [0.5, 0.6) is 0 Å². The van der Waals surface area contributed by atoms with Crippen molar-refractivity contribution >= 4 is 22.6 Å². The number of likely N-dealkylation sites (N-methyl/N-ethyl adjacent to an activating group) is 1. The molecule has 1 amide bonds. The molecule has 1 fully saturated rings. The summed E-state index contributed by atoms with van der Waals surface area (Å²) >= 11 is 0. The first-order chi connectivity index (χ1) is 14.9. The van der Waals surface area contributed by atoms with Crippen molar-refractivity contribution in [2.24, 2.45) is 0 Å². The number of pyridine rings is 3. The Kier molecular flexibility index (Phi) is 5.73. The fourth-order valence-electron chi connectivity index (χ4n) is 4.06. The lowest BCUT2D eigenvalue weighted by Crippen LogP contribution is -2.58. The summed E-state index contributed by atoms with van der Waals surface area (Å²) in [5, 5.41) is 2.60. The van der Waals surface area contributed by atoms with Crippen molar-refractivity contribution in [1.82, 2.24) is 25.2 Å². The standard InChI is InChI=1S/C23H28N6O2/c1-5-16-8-18-19(27-22(16)30)7-15(9-25-18)11-29-12-17(13-29)28(4)21-10-26-20(6-14(21)2)23(31)24-3/h6-10,17H,5,11-13H2,1-4H3,(H,24,31)(H,27,30). The minimum Gasteiger partial charge on any atom is -0.368 e. The Morgan fingerprint density at radius 3 is 2.71 bits per heavy atom. The van der Waals surface area contributed by atoms with Crippen molar-refractivity contribution in [3.8, 4) is 0 Å². The van der Waals surface area contributed by atoms with Crippen LogP contribution in [0.25, 0.3) is 11.0 Å². The number of fused-ring (bicyclic) bond motifs is 1. The van der Waals surface area contributed by atoms with Crippen LogP contribution in [-0.2, 0) is 13.0 Å². The van der Waals surface area contributed by atoms with Gasteiger partial charge < -0.3 is 15.2 Å². The van der Waals surface area contributed by atoms with Gasteiger partial charge in [0.1, 0.15) is 5.69 Å². The number of carbonyl (C=O) groups excluding carboxylic acids is 1. The second-order valence-corrected chi connectivity index (χ2v) is 8.15. The average molecular weight is 421 g/mol. The quantitative estimate of drug-likeness (QED) is 0.632. The Morgan fingerprint density at radius 2 is 2.03 bits per heavy atom. The van der Waals surface area contributed by atoms with Gasteiger partial charge in [-0.1, -0.05) is 6.92 Å². The Labute approximate surface area is 181 Å². The lowest BCUT2D eigenvalue weighted by molar-refractivity contribution is 0.0958. The first kappa shape index (κ1) is 21.0. The Balaban J connectivity index is 1.40. The molecule has 0 atom stereocenters. The molecule has 3 aromatic rings. The number of amides is 1. The lowest BCUT2D eigenvalue weighted by Gasteiger charge is -2.45. The largest absolute Gasteiger partial charge is 0.368 e. The second kappa shape index (κ2) is 8.47. The molecule has 0 unspecified atom stereocenters.